The Hall–Kier alpha value is -2.88. The second kappa shape index (κ2) is 9.29. The van der Waals surface area contributed by atoms with Crippen LogP contribution in [0.4, 0.5) is 14.5 Å². The average molecular weight is 524 g/mol. The Morgan fingerprint density at radius 1 is 1.10 bits per heavy atom. The normalized spacial score (nSPS) is 10.7. The zero-order chi connectivity index (χ0) is 21.8. The van der Waals surface area contributed by atoms with Crippen molar-refractivity contribution >= 4 is 28.3 Å². The monoisotopic (exact) mass is 524 g/mol. The van der Waals surface area contributed by atoms with Crippen molar-refractivity contribution in [1.82, 2.24) is 4.57 Å². The van der Waals surface area contributed by atoms with Crippen molar-refractivity contribution in [3.05, 3.63) is 80.8 Å². The average Bonchev–Trinajstić information content (AvgIpc) is 2.70. The summed E-state index contributed by atoms with van der Waals surface area (Å²) in [5, 5.41) is 0. The van der Waals surface area contributed by atoms with E-state index in [1.807, 2.05) is 22.6 Å². The summed E-state index contributed by atoms with van der Waals surface area (Å²) >= 11 is 1.87. The fourth-order valence-electron chi connectivity index (χ4n) is 2.73. The van der Waals surface area contributed by atoms with Gasteiger partial charge in [0, 0.05) is 42.2 Å². The molecule has 0 bridgehead atoms. The van der Waals surface area contributed by atoms with E-state index >= 15 is 0 Å². The number of benzene rings is 2. The molecular formula is C22H19F2IN2O3. The summed E-state index contributed by atoms with van der Waals surface area (Å²) in [5.74, 6) is -1.12. The van der Waals surface area contributed by atoms with Gasteiger partial charge in [0.05, 0.1) is 10.2 Å². The van der Waals surface area contributed by atoms with Crippen molar-refractivity contribution in [1.29, 1.82) is 0 Å². The van der Waals surface area contributed by atoms with E-state index < -0.39 is 11.6 Å². The Kier molecular flexibility index (Phi) is 6.76. The van der Waals surface area contributed by atoms with Crippen LogP contribution in [0.5, 0.6) is 17.2 Å². The van der Waals surface area contributed by atoms with Crippen LogP contribution in [0.2, 0.25) is 0 Å². The van der Waals surface area contributed by atoms with Crippen LogP contribution < -0.4 is 20.8 Å². The van der Waals surface area contributed by atoms with Crippen molar-refractivity contribution in [2.24, 2.45) is 7.05 Å². The third-order valence-corrected chi connectivity index (χ3v) is 5.10. The molecule has 156 valence electrons. The molecule has 0 saturated heterocycles. The Morgan fingerprint density at radius 3 is 2.57 bits per heavy atom. The number of hydrogen-bond acceptors (Lipinski definition) is 4. The van der Waals surface area contributed by atoms with Gasteiger partial charge in [-0.05, 0) is 53.3 Å². The zero-order valence-electron chi connectivity index (χ0n) is 16.1. The third kappa shape index (κ3) is 4.81. The molecule has 0 aliphatic heterocycles. The van der Waals surface area contributed by atoms with E-state index in [1.54, 1.807) is 37.5 Å². The van der Waals surface area contributed by atoms with E-state index in [4.69, 9.17) is 15.2 Å². The third-order valence-electron chi connectivity index (χ3n) is 4.26. The van der Waals surface area contributed by atoms with Crippen molar-refractivity contribution in [2.75, 3.05) is 12.3 Å². The minimum Gasteiger partial charge on any atom is -0.492 e. The number of aryl methyl sites for hydroxylation is 1. The van der Waals surface area contributed by atoms with Crippen molar-refractivity contribution in [3.63, 3.8) is 0 Å². The number of aromatic nitrogens is 1. The van der Waals surface area contributed by atoms with Crippen LogP contribution in [-0.2, 0) is 7.05 Å². The van der Waals surface area contributed by atoms with Gasteiger partial charge in [-0.2, -0.15) is 0 Å². The van der Waals surface area contributed by atoms with E-state index in [-0.39, 0.29) is 11.3 Å². The molecule has 5 nitrogen and oxygen atoms in total. The van der Waals surface area contributed by atoms with Crippen LogP contribution >= 0.6 is 22.6 Å². The Bertz CT molecular complexity index is 1160. The van der Waals surface area contributed by atoms with Crippen LogP contribution in [0.1, 0.15) is 6.42 Å². The first-order chi connectivity index (χ1) is 14.3. The minimum absolute atomic E-state index is 0.152. The number of halogens is 3. The maximum atomic E-state index is 13.7. The minimum atomic E-state index is -1.02. The summed E-state index contributed by atoms with van der Waals surface area (Å²) < 4.78 is 40.7. The van der Waals surface area contributed by atoms with Crippen LogP contribution in [0.25, 0.3) is 11.1 Å². The molecule has 0 aliphatic rings. The lowest BCUT2D eigenvalue weighted by Crippen LogP contribution is -2.16. The van der Waals surface area contributed by atoms with Crippen molar-refractivity contribution in [2.45, 2.75) is 6.42 Å². The lowest BCUT2D eigenvalue weighted by molar-refractivity contribution is 0.325. The van der Waals surface area contributed by atoms with E-state index in [2.05, 4.69) is 6.58 Å². The first kappa shape index (κ1) is 21.8. The molecule has 0 radical (unpaired) electrons. The van der Waals surface area contributed by atoms with Crippen LogP contribution in [0, 0.1) is 15.2 Å². The Balaban J connectivity index is 2.12. The molecule has 0 spiro atoms. The van der Waals surface area contributed by atoms with Gasteiger partial charge in [0.2, 0.25) is 0 Å². The molecule has 0 saturated carbocycles. The van der Waals surface area contributed by atoms with Gasteiger partial charge in [0.25, 0.3) is 5.56 Å². The molecule has 1 heterocycles. The van der Waals surface area contributed by atoms with Gasteiger partial charge in [-0.25, -0.2) is 8.78 Å². The number of anilines is 1. The van der Waals surface area contributed by atoms with Crippen LogP contribution in [-0.4, -0.2) is 11.2 Å². The van der Waals surface area contributed by atoms with E-state index in [0.29, 0.717) is 44.9 Å². The molecule has 0 aliphatic carbocycles. The molecular weight excluding hydrogens is 505 g/mol. The summed E-state index contributed by atoms with van der Waals surface area (Å²) in [6, 6.07) is 8.35. The zero-order valence-corrected chi connectivity index (χ0v) is 18.3. The lowest BCUT2D eigenvalue weighted by atomic mass is 10.0. The molecule has 0 amide bonds. The summed E-state index contributed by atoms with van der Waals surface area (Å²) in [5.41, 5.74) is 7.31. The van der Waals surface area contributed by atoms with Crippen molar-refractivity contribution < 1.29 is 18.3 Å². The number of pyridine rings is 1. The molecule has 3 rings (SSSR count). The maximum absolute atomic E-state index is 13.7. The topological polar surface area (TPSA) is 66.5 Å². The van der Waals surface area contributed by atoms with E-state index in [1.165, 1.54) is 10.6 Å². The number of rotatable bonds is 7. The summed E-state index contributed by atoms with van der Waals surface area (Å²) in [4.78, 5) is 12.1. The Morgan fingerprint density at radius 2 is 1.83 bits per heavy atom. The van der Waals surface area contributed by atoms with Gasteiger partial charge in [0.15, 0.2) is 11.6 Å². The predicted molar refractivity (Wildman–Crippen MR) is 121 cm³/mol. The number of hydrogen-bond donors (Lipinski definition) is 1. The predicted octanol–water partition coefficient (Wildman–Crippen LogP) is 5.26. The summed E-state index contributed by atoms with van der Waals surface area (Å²) in [6.07, 6.45) is 3.92. The number of nitrogens with two attached hydrogens (primary N) is 1. The first-order valence-corrected chi connectivity index (χ1v) is 10.0. The quantitative estimate of drug-likeness (QED) is 0.151. The van der Waals surface area contributed by atoms with Gasteiger partial charge in [-0.3, -0.25) is 4.79 Å². The van der Waals surface area contributed by atoms with Gasteiger partial charge in [0.1, 0.15) is 17.2 Å². The first-order valence-electron chi connectivity index (χ1n) is 8.97. The summed E-state index contributed by atoms with van der Waals surface area (Å²) in [7, 11) is 1.62. The molecule has 1 aromatic heterocycles. The highest BCUT2D eigenvalue weighted by Gasteiger charge is 2.17. The molecule has 30 heavy (non-hydrogen) atoms. The highest BCUT2D eigenvalue weighted by atomic mass is 127. The van der Waals surface area contributed by atoms with Gasteiger partial charge in [-0.15, -0.1) is 6.58 Å². The number of nitrogens with zero attached hydrogens (tertiary/aromatic N) is 1. The SMILES string of the molecule is C=CCCOc1cc(=O)n(C)cc1-c1cc(N)ccc1Oc1cc(F)c(F)cc1I. The lowest BCUT2D eigenvalue weighted by Gasteiger charge is -2.17. The summed E-state index contributed by atoms with van der Waals surface area (Å²) in [6.45, 7) is 3.99. The smallest absolute Gasteiger partial charge is 0.254 e. The fraction of sp³-hybridized carbons (Fsp3) is 0.136. The fourth-order valence-corrected chi connectivity index (χ4v) is 3.27. The Labute approximate surface area is 185 Å². The van der Waals surface area contributed by atoms with E-state index in [9.17, 15) is 13.6 Å². The maximum Gasteiger partial charge on any atom is 0.254 e. The van der Waals surface area contributed by atoms with Gasteiger partial charge >= 0.3 is 0 Å². The van der Waals surface area contributed by atoms with Crippen LogP contribution in [0.15, 0.2) is 60.0 Å². The molecule has 8 heteroatoms. The van der Waals surface area contributed by atoms with Gasteiger partial charge < -0.3 is 19.8 Å². The molecule has 2 N–H and O–H groups in total. The second-order valence-electron chi connectivity index (χ2n) is 6.48. The largest absolute Gasteiger partial charge is 0.492 e. The molecule has 2 aromatic carbocycles. The number of ether oxygens (including phenoxy) is 2. The second-order valence-corrected chi connectivity index (χ2v) is 7.64. The van der Waals surface area contributed by atoms with Gasteiger partial charge in [-0.1, -0.05) is 6.08 Å². The molecule has 0 fully saturated rings. The van der Waals surface area contributed by atoms with Crippen LogP contribution in [0.3, 0.4) is 0 Å². The standard InChI is InChI=1S/C22H19F2IN2O3/c1-3-4-7-29-20-11-22(28)27(2)12-15(20)14-8-13(26)5-6-19(14)30-21-10-17(24)16(23)9-18(21)25/h3,5-6,8-12H,1,4,7,26H2,2H3. The molecule has 0 unspecified atom stereocenters. The molecule has 3 aromatic rings. The molecule has 0 atom stereocenters. The van der Waals surface area contributed by atoms with Crippen molar-refractivity contribution in [3.8, 4) is 28.4 Å². The van der Waals surface area contributed by atoms with E-state index in [0.717, 1.165) is 12.1 Å². The number of nitrogen functional groups attached to an aromatic ring is 1. The highest BCUT2D eigenvalue weighted by Crippen LogP contribution is 2.40. The highest BCUT2D eigenvalue weighted by molar-refractivity contribution is 14.1.